The molecule has 2 N–H and O–H groups in total. The third-order valence-corrected chi connectivity index (χ3v) is 7.30. The number of carbonyl (C=O) groups is 2. The summed E-state index contributed by atoms with van der Waals surface area (Å²) in [5, 5.41) is 22.3. The highest BCUT2D eigenvalue weighted by Crippen LogP contribution is 2.41. The number of fused-ring (bicyclic) bond motifs is 1. The van der Waals surface area contributed by atoms with E-state index >= 15 is 0 Å². The lowest BCUT2D eigenvalue weighted by Crippen LogP contribution is -2.43. The van der Waals surface area contributed by atoms with Gasteiger partial charge in [0.1, 0.15) is 17.6 Å². The van der Waals surface area contributed by atoms with Crippen LogP contribution in [0, 0.1) is 11.3 Å². The zero-order chi connectivity index (χ0) is 26.8. The van der Waals surface area contributed by atoms with Gasteiger partial charge in [0.2, 0.25) is 5.91 Å². The lowest BCUT2D eigenvalue weighted by molar-refractivity contribution is -0.117. The van der Waals surface area contributed by atoms with E-state index in [0.717, 1.165) is 22.4 Å². The molecule has 1 aromatic carbocycles. The Morgan fingerprint density at radius 2 is 1.82 bits per heavy atom. The van der Waals surface area contributed by atoms with Gasteiger partial charge in [-0.25, -0.2) is 4.98 Å². The zero-order valence-corrected chi connectivity index (χ0v) is 21.5. The first kappa shape index (κ1) is 25.4. The van der Waals surface area contributed by atoms with E-state index in [4.69, 9.17) is 5.26 Å². The van der Waals surface area contributed by atoms with Gasteiger partial charge >= 0.3 is 0 Å². The smallest absolute Gasteiger partial charge is 0.272 e. The molecule has 0 aliphatic carbocycles. The van der Waals surface area contributed by atoms with Crippen molar-refractivity contribution < 1.29 is 14.7 Å². The number of nitriles is 1. The van der Waals surface area contributed by atoms with Crippen LogP contribution in [0.1, 0.15) is 60.8 Å². The van der Waals surface area contributed by atoms with Crippen molar-refractivity contribution in [1.82, 2.24) is 14.9 Å². The number of carbonyl (C=O) groups excluding carboxylic acids is 2. The van der Waals surface area contributed by atoms with E-state index in [1.54, 1.807) is 36.2 Å². The molecule has 0 bridgehead atoms. The van der Waals surface area contributed by atoms with Gasteiger partial charge in [-0.1, -0.05) is 12.1 Å². The van der Waals surface area contributed by atoms with E-state index in [0.29, 0.717) is 49.4 Å². The minimum absolute atomic E-state index is 0.00964. The Labute approximate surface area is 221 Å². The van der Waals surface area contributed by atoms with E-state index in [9.17, 15) is 14.7 Å². The average molecular weight is 511 g/mol. The van der Waals surface area contributed by atoms with Gasteiger partial charge in [0.05, 0.1) is 17.7 Å². The highest BCUT2D eigenvalue weighted by molar-refractivity contribution is 5.95. The van der Waals surface area contributed by atoms with Crippen LogP contribution in [-0.4, -0.2) is 57.0 Å². The van der Waals surface area contributed by atoms with Crippen molar-refractivity contribution >= 4 is 23.3 Å². The van der Waals surface area contributed by atoms with E-state index in [-0.39, 0.29) is 30.0 Å². The van der Waals surface area contributed by atoms with Crippen molar-refractivity contribution in [3.05, 3.63) is 71.7 Å². The van der Waals surface area contributed by atoms with Crippen molar-refractivity contribution in [2.45, 2.75) is 51.3 Å². The summed E-state index contributed by atoms with van der Waals surface area (Å²) in [5.74, 6) is 0.513. The molecule has 4 heterocycles. The number of piperidine rings is 1. The normalized spacial score (nSPS) is 19.4. The zero-order valence-electron chi connectivity index (χ0n) is 21.5. The molecule has 2 aliphatic rings. The molecule has 2 amide bonds. The number of aromatic nitrogens is 2. The molecule has 38 heavy (non-hydrogen) atoms. The first-order valence-electron chi connectivity index (χ1n) is 12.8. The number of amides is 2. The number of anilines is 2. The molecule has 0 radical (unpaired) electrons. The lowest BCUT2D eigenvalue weighted by atomic mass is 9.89. The molecule has 9 heteroatoms. The Balaban J connectivity index is 1.43. The highest BCUT2D eigenvalue weighted by Gasteiger charge is 2.33. The summed E-state index contributed by atoms with van der Waals surface area (Å²) in [7, 11) is 0. The Hall–Kier alpha value is -4.29. The number of pyridine rings is 2. The fraction of sp³-hybridized carbons (Fsp3) is 0.345. The van der Waals surface area contributed by atoms with Gasteiger partial charge in [-0.05, 0) is 67.6 Å². The molecule has 0 unspecified atom stereocenters. The lowest BCUT2D eigenvalue weighted by Gasteiger charge is -2.39. The Morgan fingerprint density at radius 1 is 1.05 bits per heavy atom. The Morgan fingerprint density at radius 3 is 2.45 bits per heavy atom. The molecular formula is C29H30N6O3. The maximum absolute atomic E-state index is 12.8. The summed E-state index contributed by atoms with van der Waals surface area (Å²) in [6.07, 6.45) is 4.75. The number of nitrogens with zero attached hydrogens (tertiary/aromatic N) is 5. The summed E-state index contributed by atoms with van der Waals surface area (Å²) >= 11 is 0. The number of aliphatic hydroxyl groups is 1. The molecule has 5 rings (SSSR count). The Bertz CT molecular complexity index is 1370. The van der Waals surface area contributed by atoms with Gasteiger partial charge < -0.3 is 20.2 Å². The minimum atomic E-state index is -0.341. The van der Waals surface area contributed by atoms with Crippen LogP contribution in [0.5, 0.6) is 0 Å². The molecule has 0 spiro atoms. The molecule has 2 atom stereocenters. The maximum Gasteiger partial charge on any atom is 0.272 e. The van der Waals surface area contributed by atoms with Crippen molar-refractivity contribution in [2.75, 3.05) is 23.3 Å². The van der Waals surface area contributed by atoms with Gasteiger partial charge in [0, 0.05) is 49.7 Å². The summed E-state index contributed by atoms with van der Waals surface area (Å²) in [6.45, 7) is 4.66. The van der Waals surface area contributed by atoms with Crippen LogP contribution in [0.3, 0.4) is 0 Å². The first-order chi connectivity index (χ1) is 18.3. The average Bonchev–Trinajstić information content (AvgIpc) is 2.93. The summed E-state index contributed by atoms with van der Waals surface area (Å²) in [4.78, 5) is 37.7. The number of hydrogen-bond acceptors (Lipinski definition) is 7. The quantitative estimate of drug-likeness (QED) is 0.546. The summed E-state index contributed by atoms with van der Waals surface area (Å²) in [5.41, 5.74) is 4.47. The minimum Gasteiger partial charge on any atom is -0.393 e. The predicted molar refractivity (Wildman–Crippen MR) is 143 cm³/mol. The topological polar surface area (TPSA) is 122 Å². The number of aliphatic hydroxyl groups excluding tert-OH is 1. The van der Waals surface area contributed by atoms with Gasteiger partial charge in [-0.15, -0.1) is 0 Å². The molecule has 2 aliphatic heterocycles. The fourth-order valence-electron chi connectivity index (χ4n) is 5.31. The SMILES string of the molecule is CC(=O)N1c2ccc(-c3ccc(C(=O)N4CCC(O)CC4)nc3)cc2[C@H](Nc2ccc(C#N)cn2)C[C@@H]1C. The van der Waals surface area contributed by atoms with Gasteiger partial charge in [0.15, 0.2) is 0 Å². The molecule has 3 aromatic rings. The predicted octanol–water partition coefficient (Wildman–Crippen LogP) is 3.91. The fourth-order valence-corrected chi connectivity index (χ4v) is 5.31. The van der Waals surface area contributed by atoms with Crippen LogP contribution in [0.15, 0.2) is 54.9 Å². The van der Waals surface area contributed by atoms with Crippen LogP contribution < -0.4 is 10.2 Å². The number of nitrogens with one attached hydrogen (secondary N) is 1. The van der Waals surface area contributed by atoms with Crippen LogP contribution in [0.2, 0.25) is 0 Å². The van der Waals surface area contributed by atoms with Crippen molar-refractivity contribution in [1.29, 1.82) is 5.26 Å². The Kier molecular flexibility index (Phi) is 7.07. The van der Waals surface area contributed by atoms with E-state index in [1.807, 2.05) is 30.0 Å². The van der Waals surface area contributed by atoms with E-state index in [2.05, 4.69) is 27.4 Å². The third kappa shape index (κ3) is 5.08. The number of benzene rings is 1. The maximum atomic E-state index is 12.8. The molecule has 194 valence electrons. The number of hydrogen-bond donors (Lipinski definition) is 2. The monoisotopic (exact) mass is 510 g/mol. The number of rotatable bonds is 4. The summed E-state index contributed by atoms with van der Waals surface area (Å²) < 4.78 is 0. The second-order valence-electron chi connectivity index (χ2n) is 9.94. The van der Waals surface area contributed by atoms with Crippen LogP contribution in [0.4, 0.5) is 11.5 Å². The van der Waals surface area contributed by atoms with E-state index in [1.165, 1.54) is 6.20 Å². The number of likely N-dealkylation sites (tertiary alicyclic amines) is 1. The first-order valence-corrected chi connectivity index (χ1v) is 12.8. The molecule has 0 saturated carbocycles. The van der Waals surface area contributed by atoms with Gasteiger partial charge in [-0.3, -0.25) is 14.6 Å². The van der Waals surface area contributed by atoms with E-state index < -0.39 is 0 Å². The second-order valence-corrected chi connectivity index (χ2v) is 9.94. The van der Waals surface area contributed by atoms with Crippen molar-refractivity contribution in [2.24, 2.45) is 0 Å². The van der Waals surface area contributed by atoms with Crippen molar-refractivity contribution in [3.8, 4) is 17.2 Å². The van der Waals surface area contributed by atoms with Crippen molar-refractivity contribution in [3.63, 3.8) is 0 Å². The highest BCUT2D eigenvalue weighted by atomic mass is 16.3. The summed E-state index contributed by atoms with van der Waals surface area (Å²) in [6, 6.07) is 15.1. The third-order valence-electron chi connectivity index (χ3n) is 7.30. The van der Waals surface area contributed by atoms with Crippen LogP contribution in [0.25, 0.3) is 11.1 Å². The molecule has 9 nitrogen and oxygen atoms in total. The van der Waals surface area contributed by atoms with Crippen LogP contribution >= 0.6 is 0 Å². The largest absolute Gasteiger partial charge is 0.393 e. The standard InChI is InChI=1S/C29H30N6O3/c1-18-13-26(33-28-8-3-20(15-30)16-32-28)24-14-21(5-7-27(24)35(18)19(2)36)22-4-6-25(31-17-22)29(38)34-11-9-23(37)10-12-34/h3-8,14,16-18,23,26,37H,9-13H2,1-2H3,(H,32,33)/t18-,26+/m0/s1. The van der Waals surface area contributed by atoms with Crippen LogP contribution in [-0.2, 0) is 4.79 Å². The molecule has 2 aromatic heterocycles. The van der Waals surface area contributed by atoms with Gasteiger partial charge in [0.25, 0.3) is 5.91 Å². The molecule has 1 saturated heterocycles. The van der Waals surface area contributed by atoms with Gasteiger partial charge in [-0.2, -0.15) is 5.26 Å². The molecular weight excluding hydrogens is 480 g/mol. The second kappa shape index (κ2) is 10.6. The molecule has 1 fully saturated rings.